The van der Waals surface area contributed by atoms with E-state index in [1.54, 1.807) is 0 Å². The molecule has 4 N–H and O–H groups in total. The molecule has 92 valence electrons. The van der Waals surface area contributed by atoms with Crippen LogP contribution in [0.4, 0.5) is 0 Å². The van der Waals surface area contributed by atoms with E-state index in [0.29, 0.717) is 0 Å². The molecule has 0 aromatic heterocycles. The quantitative estimate of drug-likeness (QED) is 0.715. The number of carbonyl (C=O) groups excluding carboxylic acids is 1. The minimum absolute atomic E-state index is 0.163. The third-order valence-corrected chi connectivity index (χ3v) is 3.16. The second-order valence-electron chi connectivity index (χ2n) is 4.79. The third kappa shape index (κ3) is 2.84. The third-order valence-electron chi connectivity index (χ3n) is 3.16. The monoisotopic (exact) mass is 234 g/mol. The first kappa shape index (κ1) is 12.1. The lowest BCUT2D eigenvalue weighted by Crippen LogP contribution is -2.44. The van der Waals surface area contributed by atoms with Gasteiger partial charge in [-0.2, -0.15) is 0 Å². The fraction of sp³-hybridized carbons (Fsp3) is 0.462. The Bertz CT molecular complexity index is 410. The second-order valence-corrected chi connectivity index (χ2v) is 4.79. The summed E-state index contributed by atoms with van der Waals surface area (Å²) in [6, 6.07) is 7.60. The van der Waals surface area contributed by atoms with E-state index in [0.717, 1.165) is 24.0 Å². The largest absolute Gasteiger partial charge is 0.387 e. The summed E-state index contributed by atoms with van der Waals surface area (Å²) < 4.78 is 0. The summed E-state index contributed by atoms with van der Waals surface area (Å²) in [5.41, 5.74) is 7.01. The van der Waals surface area contributed by atoms with Crippen LogP contribution in [0, 0.1) is 6.92 Å². The lowest BCUT2D eigenvalue weighted by molar-refractivity contribution is -0.123. The molecule has 17 heavy (non-hydrogen) atoms. The first-order chi connectivity index (χ1) is 8.01. The average molecular weight is 234 g/mol. The van der Waals surface area contributed by atoms with Crippen LogP contribution in [0.25, 0.3) is 0 Å². The molecule has 1 unspecified atom stereocenters. The van der Waals surface area contributed by atoms with Gasteiger partial charge in [-0.25, -0.2) is 0 Å². The minimum Gasteiger partial charge on any atom is -0.387 e. The summed E-state index contributed by atoms with van der Waals surface area (Å²) in [5, 5.41) is 12.6. The van der Waals surface area contributed by atoms with Crippen LogP contribution in [0.5, 0.6) is 0 Å². The van der Waals surface area contributed by atoms with Crippen LogP contribution in [-0.4, -0.2) is 23.1 Å². The molecule has 1 aliphatic rings. The molecule has 0 spiro atoms. The van der Waals surface area contributed by atoms with E-state index in [1.165, 1.54) is 0 Å². The maximum absolute atomic E-state index is 11.6. The summed E-state index contributed by atoms with van der Waals surface area (Å²) >= 11 is 0. The van der Waals surface area contributed by atoms with E-state index >= 15 is 0 Å². The van der Waals surface area contributed by atoms with Gasteiger partial charge in [0.25, 0.3) is 0 Å². The summed E-state index contributed by atoms with van der Waals surface area (Å²) in [6.45, 7) is 2.20. The predicted octanol–water partition coefficient (Wildman–Crippen LogP) is 0.636. The van der Waals surface area contributed by atoms with Crippen molar-refractivity contribution in [2.24, 2.45) is 5.73 Å². The molecule has 1 saturated carbocycles. The van der Waals surface area contributed by atoms with E-state index < -0.39 is 11.6 Å². The number of amides is 1. The number of nitrogens with one attached hydrogen (secondary N) is 1. The van der Waals surface area contributed by atoms with E-state index in [2.05, 4.69) is 5.32 Å². The number of hydrogen-bond acceptors (Lipinski definition) is 3. The minimum atomic E-state index is -0.679. The first-order valence-corrected chi connectivity index (χ1v) is 5.83. The molecule has 1 aromatic carbocycles. The molecule has 4 heteroatoms. The molecular weight excluding hydrogens is 216 g/mol. The Morgan fingerprint density at radius 1 is 1.47 bits per heavy atom. The van der Waals surface area contributed by atoms with Gasteiger partial charge in [-0.3, -0.25) is 4.79 Å². The maximum atomic E-state index is 11.6. The van der Waals surface area contributed by atoms with Crippen molar-refractivity contribution in [2.75, 3.05) is 6.54 Å². The normalized spacial score (nSPS) is 18.5. The molecule has 0 saturated heterocycles. The van der Waals surface area contributed by atoms with Gasteiger partial charge in [-0.05, 0) is 25.3 Å². The van der Waals surface area contributed by atoms with Crippen molar-refractivity contribution >= 4 is 5.91 Å². The summed E-state index contributed by atoms with van der Waals surface area (Å²) in [6.07, 6.45) is 0.792. The Labute approximate surface area is 101 Å². The highest BCUT2D eigenvalue weighted by Gasteiger charge is 2.45. The zero-order chi connectivity index (χ0) is 12.5. The fourth-order valence-corrected chi connectivity index (χ4v) is 1.63. The lowest BCUT2D eigenvalue weighted by atomic mass is 10.1. The van der Waals surface area contributed by atoms with Crippen molar-refractivity contribution in [3.8, 4) is 0 Å². The first-order valence-electron chi connectivity index (χ1n) is 5.83. The van der Waals surface area contributed by atoms with Crippen LogP contribution in [-0.2, 0) is 4.79 Å². The Morgan fingerprint density at radius 3 is 2.59 bits per heavy atom. The zero-order valence-corrected chi connectivity index (χ0v) is 9.94. The SMILES string of the molecule is Cc1ccc(C(O)CNC(=O)C2(N)CC2)cc1. The standard InChI is InChI=1S/C13H18N2O2/c1-9-2-4-10(5-3-9)11(16)8-15-12(17)13(14)6-7-13/h2-5,11,16H,6-8,14H2,1H3,(H,15,17). The molecule has 1 fully saturated rings. The number of aliphatic hydroxyl groups is 1. The van der Waals surface area contributed by atoms with Crippen molar-refractivity contribution in [2.45, 2.75) is 31.4 Å². The van der Waals surface area contributed by atoms with Gasteiger partial charge in [0.05, 0.1) is 11.6 Å². The van der Waals surface area contributed by atoms with Crippen LogP contribution < -0.4 is 11.1 Å². The highest BCUT2D eigenvalue weighted by atomic mass is 16.3. The van der Waals surface area contributed by atoms with Gasteiger partial charge < -0.3 is 16.2 Å². The Hall–Kier alpha value is -1.39. The summed E-state index contributed by atoms with van der Waals surface area (Å²) in [7, 11) is 0. The molecule has 1 amide bonds. The molecular formula is C13H18N2O2. The topological polar surface area (TPSA) is 75.3 Å². The summed E-state index contributed by atoms with van der Waals surface area (Å²) in [5.74, 6) is -0.163. The molecule has 2 rings (SSSR count). The molecule has 0 radical (unpaired) electrons. The molecule has 0 heterocycles. The van der Waals surface area contributed by atoms with Crippen molar-refractivity contribution < 1.29 is 9.90 Å². The molecule has 0 aliphatic heterocycles. The van der Waals surface area contributed by atoms with Crippen molar-refractivity contribution in [1.29, 1.82) is 0 Å². The van der Waals surface area contributed by atoms with Crippen LogP contribution in [0.1, 0.15) is 30.1 Å². The van der Waals surface area contributed by atoms with Crippen molar-refractivity contribution in [1.82, 2.24) is 5.32 Å². The maximum Gasteiger partial charge on any atom is 0.240 e. The van der Waals surface area contributed by atoms with Crippen LogP contribution in [0.15, 0.2) is 24.3 Å². The highest BCUT2D eigenvalue weighted by Crippen LogP contribution is 2.32. The number of hydrogen-bond donors (Lipinski definition) is 3. The summed E-state index contributed by atoms with van der Waals surface area (Å²) in [4.78, 5) is 11.6. The lowest BCUT2D eigenvalue weighted by Gasteiger charge is -2.14. The Morgan fingerprint density at radius 2 is 2.06 bits per heavy atom. The Kier molecular flexibility index (Phi) is 3.17. The molecule has 0 bridgehead atoms. The predicted molar refractivity (Wildman–Crippen MR) is 65.3 cm³/mol. The van der Waals surface area contributed by atoms with E-state index in [1.807, 2.05) is 31.2 Å². The van der Waals surface area contributed by atoms with E-state index in [9.17, 15) is 9.90 Å². The van der Waals surface area contributed by atoms with Gasteiger partial charge in [-0.15, -0.1) is 0 Å². The smallest absolute Gasteiger partial charge is 0.240 e. The number of nitrogens with two attached hydrogens (primary N) is 1. The number of aryl methyl sites for hydroxylation is 1. The average Bonchev–Trinajstić information content (AvgIpc) is 3.06. The van der Waals surface area contributed by atoms with Gasteiger partial charge in [0.15, 0.2) is 0 Å². The van der Waals surface area contributed by atoms with Gasteiger partial charge in [0, 0.05) is 6.54 Å². The van der Waals surface area contributed by atoms with Gasteiger partial charge in [0.2, 0.25) is 5.91 Å². The van der Waals surface area contributed by atoms with Crippen LogP contribution in [0.3, 0.4) is 0 Å². The van der Waals surface area contributed by atoms with Crippen LogP contribution in [0.2, 0.25) is 0 Å². The molecule has 1 aliphatic carbocycles. The van der Waals surface area contributed by atoms with E-state index in [-0.39, 0.29) is 12.5 Å². The number of carbonyl (C=O) groups is 1. The second kappa shape index (κ2) is 4.47. The van der Waals surface area contributed by atoms with Gasteiger partial charge in [0.1, 0.15) is 0 Å². The van der Waals surface area contributed by atoms with Crippen LogP contribution >= 0.6 is 0 Å². The molecule has 1 atom stereocenters. The van der Waals surface area contributed by atoms with Gasteiger partial charge >= 0.3 is 0 Å². The van der Waals surface area contributed by atoms with E-state index in [4.69, 9.17) is 5.73 Å². The number of aliphatic hydroxyl groups excluding tert-OH is 1. The highest BCUT2D eigenvalue weighted by molar-refractivity contribution is 5.88. The van der Waals surface area contributed by atoms with Crippen molar-refractivity contribution in [3.63, 3.8) is 0 Å². The molecule has 4 nitrogen and oxygen atoms in total. The number of benzene rings is 1. The zero-order valence-electron chi connectivity index (χ0n) is 9.94. The number of rotatable bonds is 4. The Balaban J connectivity index is 1.86. The molecule has 1 aromatic rings. The van der Waals surface area contributed by atoms with Gasteiger partial charge in [-0.1, -0.05) is 29.8 Å². The fourth-order valence-electron chi connectivity index (χ4n) is 1.63. The van der Waals surface area contributed by atoms with Crippen molar-refractivity contribution in [3.05, 3.63) is 35.4 Å².